The van der Waals surface area contributed by atoms with E-state index >= 15 is 0 Å². The highest BCUT2D eigenvalue weighted by molar-refractivity contribution is 5.76. The van der Waals surface area contributed by atoms with Crippen LogP contribution in [0.25, 0.3) is 11.1 Å². The van der Waals surface area contributed by atoms with Crippen LogP contribution in [0.15, 0.2) is 48.4 Å². The zero-order valence-corrected chi connectivity index (χ0v) is 6.58. The third-order valence-electron chi connectivity index (χ3n) is 1.92. The summed E-state index contributed by atoms with van der Waals surface area (Å²) in [5.41, 5.74) is -0.625. The Hall–Kier alpha value is -1.56. The van der Waals surface area contributed by atoms with Gasteiger partial charge in [0.05, 0.1) is 9.60 Å². The molecular weight excluding hydrogens is 156 g/mol. The van der Waals surface area contributed by atoms with Crippen LogP contribution in [-0.2, 0) is 6.37 Å². The molecule has 0 saturated heterocycles. The first-order valence-corrected chi connectivity index (χ1v) is 3.83. The van der Waals surface area contributed by atoms with Gasteiger partial charge in [-0.15, -0.1) is 0 Å². The fraction of sp³-hybridized carbons (Fsp3) is 0.0769. The molecule has 0 aromatic heterocycles. The smallest absolute Gasteiger partial charge is 0.0619 e. The highest BCUT2D eigenvalue weighted by Crippen LogP contribution is 2.35. The maximum absolute atomic E-state index is 8.22. The molecule has 0 spiro atoms. The number of fused-ring (bicyclic) bond motifs is 3. The van der Waals surface area contributed by atoms with Gasteiger partial charge in [-0.3, -0.25) is 0 Å². The van der Waals surface area contributed by atoms with E-state index in [0.717, 1.165) is 6.07 Å². The fourth-order valence-corrected chi connectivity index (χ4v) is 1.36. The van der Waals surface area contributed by atoms with E-state index < -0.39 is 30.5 Å². The molecule has 3 rings (SSSR count). The molecule has 0 amide bonds. The first-order valence-electron chi connectivity index (χ1n) is 8.33. The Morgan fingerprint density at radius 3 is 2.54 bits per heavy atom. The second-order valence-electron chi connectivity index (χ2n) is 2.68. The predicted molar refractivity (Wildman–Crippen MR) is 54.7 cm³/mol. The summed E-state index contributed by atoms with van der Waals surface area (Å²) in [5.74, 6) is 0. The van der Waals surface area contributed by atoms with Gasteiger partial charge in [0.15, 0.2) is 0 Å². The Labute approximate surface area is 90.5 Å². The minimum Gasteiger partial charge on any atom is -0.0619 e. The monoisotopic (exact) mass is 175 g/mol. The van der Waals surface area contributed by atoms with Crippen molar-refractivity contribution in [3.05, 3.63) is 59.5 Å². The fourth-order valence-electron chi connectivity index (χ4n) is 1.36. The summed E-state index contributed by atoms with van der Waals surface area (Å²) in [6, 6.07) is -1.87. The van der Waals surface area contributed by atoms with Crippen LogP contribution < -0.4 is 0 Å². The van der Waals surface area contributed by atoms with Crippen molar-refractivity contribution in [1.29, 1.82) is 0 Å². The van der Waals surface area contributed by atoms with Gasteiger partial charge in [-0.25, -0.2) is 0 Å². The highest BCUT2D eigenvalue weighted by atomic mass is 14.2. The molecule has 0 radical (unpaired) electrons. The molecule has 0 heterocycles. The second kappa shape index (κ2) is 2.46. The average molecular weight is 175 g/mol. The molecule has 0 N–H and O–H groups in total. The van der Waals surface area contributed by atoms with Crippen molar-refractivity contribution in [1.82, 2.24) is 0 Å². The Morgan fingerprint density at radius 1 is 0.923 bits per heavy atom. The maximum Gasteiger partial charge on any atom is 0.0629 e. The third kappa shape index (κ3) is 0.919. The molecule has 0 nitrogen and oxygen atoms in total. The maximum atomic E-state index is 8.22. The van der Waals surface area contributed by atoms with Crippen molar-refractivity contribution < 1.29 is 12.3 Å². The van der Waals surface area contributed by atoms with Crippen LogP contribution in [0.4, 0.5) is 0 Å². The van der Waals surface area contributed by atoms with Gasteiger partial charge in [-0.1, -0.05) is 48.4 Å². The minimum absolute atomic E-state index is 0.0792. The van der Waals surface area contributed by atoms with E-state index in [2.05, 4.69) is 0 Å². The van der Waals surface area contributed by atoms with Crippen molar-refractivity contribution in [3.63, 3.8) is 0 Å². The lowest BCUT2D eigenvalue weighted by Gasteiger charge is -1.98. The largest absolute Gasteiger partial charge is 0.0629 e. The summed E-state index contributed by atoms with van der Waals surface area (Å²) >= 11 is 0. The van der Waals surface area contributed by atoms with Crippen LogP contribution in [-0.4, -0.2) is 0 Å². The molecule has 0 bridgehead atoms. The van der Waals surface area contributed by atoms with Crippen molar-refractivity contribution in [2.45, 2.75) is 6.37 Å². The number of benzene rings is 2. The summed E-state index contributed by atoms with van der Waals surface area (Å²) in [6.07, 6.45) is -2.30. The summed E-state index contributed by atoms with van der Waals surface area (Å²) < 4.78 is 71.4. The number of hydrogen-bond donors (Lipinski definition) is 0. The quantitative estimate of drug-likeness (QED) is 0.576. The zero-order chi connectivity index (χ0) is 16.6. The standard InChI is InChI=1S/C13H10/c1-3-7-12-10(5-1)9-11-6-2-4-8-13(11)12/h1-8H,9H2/i1D,3D,4D,5D,6D,7D,8D,9D2. The van der Waals surface area contributed by atoms with Gasteiger partial charge in [0.25, 0.3) is 0 Å². The summed E-state index contributed by atoms with van der Waals surface area (Å²) in [6.45, 7) is 0. The van der Waals surface area contributed by atoms with Crippen LogP contribution in [0, 0.1) is 0 Å². The number of hydrogen-bond acceptors (Lipinski definition) is 0. The molecule has 0 unspecified atom stereocenters. The Kier molecular flexibility index (Phi) is 0.469. The zero-order valence-electron chi connectivity index (χ0n) is 15.6. The van der Waals surface area contributed by atoms with Crippen LogP contribution >= 0.6 is 0 Å². The van der Waals surface area contributed by atoms with E-state index in [-0.39, 0.29) is 40.4 Å². The normalized spacial score (nSPS) is 26.0. The van der Waals surface area contributed by atoms with E-state index in [9.17, 15) is 0 Å². The van der Waals surface area contributed by atoms with Crippen LogP contribution in [0.1, 0.15) is 23.5 Å². The highest BCUT2D eigenvalue weighted by Gasteiger charge is 2.15. The lowest BCUT2D eigenvalue weighted by Crippen LogP contribution is -1.77. The van der Waals surface area contributed by atoms with Crippen LogP contribution in [0.5, 0.6) is 0 Å². The summed E-state index contributed by atoms with van der Waals surface area (Å²) in [5, 5.41) is 0. The molecule has 0 saturated carbocycles. The molecule has 2 aromatic rings. The van der Waals surface area contributed by atoms with Crippen molar-refractivity contribution >= 4 is 0 Å². The second-order valence-corrected chi connectivity index (χ2v) is 2.68. The predicted octanol–water partition coefficient (Wildman–Crippen LogP) is 3.26. The van der Waals surface area contributed by atoms with Crippen molar-refractivity contribution in [3.8, 4) is 11.1 Å². The lowest BCUT2D eigenvalue weighted by molar-refractivity contribution is 1.26. The molecule has 0 atom stereocenters. The Bertz CT molecular complexity index is 839. The van der Waals surface area contributed by atoms with Gasteiger partial charge >= 0.3 is 0 Å². The molecule has 0 fully saturated rings. The summed E-state index contributed by atoms with van der Waals surface area (Å²) in [7, 11) is 0. The molecule has 1 aliphatic carbocycles. The van der Waals surface area contributed by atoms with Gasteiger partial charge in [0.1, 0.15) is 0 Å². The van der Waals surface area contributed by atoms with Gasteiger partial charge in [0, 0.05) is 2.74 Å². The third-order valence-corrected chi connectivity index (χ3v) is 1.92. The van der Waals surface area contributed by atoms with Crippen LogP contribution in [0.2, 0.25) is 0 Å². The molecule has 0 heteroatoms. The molecule has 62 valence electrons. The topological polar surface area (TPSA) is 0 Å². The van der Waals surface area contributed by atoms with Crippen molar-refractivity contribution in [2.24, 2.45) is 0 Å². The lowest BCUT2D eigenvalue weighted by atomic mass is 10.1. The van der Waals surface area contributed by atoms with Crippen molar-refractivity contribution in [2.75, 3.05) is 0 Å². The van der Waals surface area contributed by atoms with Crippen LogP contribution in [0.3, 0.4) is 0 Å². The van der Waals surface area contributed by atoms with E-state index in [0.29, 0.717) is 0 Å². The van der Waals surface area contributed by atoms with E-state index in [1.165, 1.54) is 0 Å². The molecule has 1 aliphatic rings. The van der Waals surface area contributed by atoms with Gasteiger partial charge in [-0.2, -0.15) is 0 Å². The van der Waals surface area contributed by atoms with Gasteiger partial charge < -0.3 is 0 Å². The number of rotatable bonds is 0. The average Bonchev–Trinajstić information content (AvgIpc) is 2.68. The van der Waals surface area contributed by atoms with E-state index in [4.69, 9.17) is 12.3 Å². The Morgan fingerprint density at radius 2 is 1.62 bits per heavy atom. The first-order chi connectivity index (χ1) is 10.1. The summed E-state index contributed by atoms with van der Waals surface area (Å²) in [4.78, 5) is 0. The van der Waals surface area contributed by atoms with E-state index in [1.807, 2.05) is 0 Å². The van der Waals surface area contributed by atoms with E-state index in [1.54, 1.807) is 0 Å². The molecule has 0 aliphatic heterocycles. The molecule has 13 heavy (non-hydrogen) atoms. The minimum atomic E-state index is -2.30. The molecular formula is C13H10. The Balaban J connectivity index is 2.61. The first kappa shape index (κ1) is 2.48. The van der Waals surface area contributed by atoms with Gasteiger partial charge in [-0.05, 0) is 28.6 Å². The SMILES string of the molecule is [2H]c1cc([2H])c2c(c1[2H])-c1c([2H])c([2H])c([2H])c([2H])c1C2([2H])[2H]. The molecule has 2 aromatic carbocycles. The van der Waals surface area contributed by atoms with Gasteiger partial charge in [0.2, 0.25) is 0 Å².